The SMILES string of the molecule is CCCCn1c(SCc2cn3cc(C)ccc3n2)nc2ccccc2c1=O. The first-order valence-electron chi connectivity index (χ1n) is 9.22. The molecule has 1 aromatic carbocycles. The molecule has 0 unspecified atom stereocenters. The Hall–Kier alpha value is -2.60. The summed E-state index contributed by atoms with van der Waals surface area (Å²) in [6, 6.07) is 11.7. The van der Waals surface area contributed by atoms with Crippen LogP contribution in [0.4, 0.5) is 0 Å². The molecule has 0 saturated heterocycles. The number of hydrogen-bond donors (Lipinski definition) is 0. The van der Waals surface area contributed by atoms with Crippen molar-refractivity contribution in [3.05, 3.63) is 70.4 Å². The molecule has 0 aliphatic carbocycles. The van der Waals surface area contributed by atoms with Gasteiger partial charge in [0.2, 0.25) is 0 Å². The highest BCUT2D eigenvalue weighted by molar-refractivity contribution is 7.98. The smallest absolute Gasteiger partial charge is 0.262 e. The minimum Gasteiger partial charge on any atom is -0.307 e. The molecule has 4 aromatic rings. The summed E-state index contributed by atoms with van der Waals surface area (Å²) in [6.07, 6.45) is 6.11. The van der Waals surface area contributed by atoms with Gasteiger partial charge in [-0.2, -0.15) is 0 Å². The fourth-order valence-electron chi connectivity index (χ4n) is 3.13. The fourth-order valence-corrected chi connectivity index (χ4v) is 4.04. The first kappa shape index (κ1) is 17.8. The topological polar surface area (TPSA) is 52.2 Å². The van der Waals surface area contributed by atoms with Crippen LogP contribution in [0.2, 0.25) is 0 Å². The molecule has 6 heteroatoms. The molecule has 27 heavy (non-hydrogen) atoms. The molecule has 0 radical (unpaired) electrons. The van der Waals surface area contributed by atoms with Crippen LogP contribution >= 0.6 is 11.8 Å². The predicted octanol–water partition coefficient (Wildman–Crippen LogP) is 4.45. The Labute approximate surface area is 162 Å². The van der Waals surface area contributed by atoms with E-state index < -0.39 is 0 Å². The number of para-hydroxylation sites is 1. The zero-order chi connectivity index (χ0) is 18.8. The number of unbranched alkanes of at least 4 members (excludes halogenated alkanes) is 1. The minimum absolute atomic E-state index is 0.0437. The van der Waals surface area contributed by atoms with Crippen molar-refractivity contribution in [2.45, 2.75) is 44.1 Å². The van der Waals surface area contributed by atoms with Gasteiger partial charge in [-0.15, -0.1) is 0 Å². The number of aryl methyl sites for hydroxylation is 1. The zero-order valence-corrected chi connectivity index (χ0v) is 16.4. The Morgan fingerprint density at radius 2 is 1.93 bits per heavy atom. The van der Waals surface area contributed by atoms with Gasteiger partial charge < -0.3 is 4.40 Å². The summed E-state index contributed by atoms with van der Waals surface area (Å²) in [5.74, 6) is 0.678. The van der Waals surface area contributed by atoms with E-state index in [4.69, 9.17) is 4.98 Å². The van der Waals surface area contributed by atoms with Crippen LogP contribution in [0.5, 0.6) is 0 Å². The van der Waals surface area contributed by atoms with E-state index in [9.17, 15) is 4.79 Å². The Balaban J connectivity index is 1.67. The minimum atomic E-state index is 0.0437. The summed E-state index contributed by atoms with van der Waals surface area (Å²) >= 11 is 1.58. The summed E-state index contributed by atoms with van der Waals surface area (Å²) in [5.41, 5.74) is 3.91. The van der Waals surface area contributed by atoms with Gasteiger partial charge in [0.25, 0.3) is 5.56 Å². The molecule has 0 spiro atoms. The summed E-state index contributed by atoms with van der Waals surface area (Å²) in [7, 11) is 0. The van der Waals surface area contributed by atoms with Crippen molar-refractivity contribution in [3.63, 3.8) is 0 Å². The molecule has 5 nitrogen and oxygen atoms in total. The molecule has 0 bridgehead atoms. The number of fused-ring (bicyclic) bond motifs is 2. The van der Waals surface area contributed by atoms with E-state index in [1.54, 1.807) is 11.8 Å². The molecule has 0 aliphatic rings. The van der Waals surface area contributed by atoms with Gasteiger partial charge in [0.1, 0.15) is 5.65 Å². The standard InChI is InChI=1S/C21H22N4OS/c1-3-4-11-25-20(26)17-7-5-6-8-18(17)23-21(25)27-14-16-13-24-12-15(2)9-10-19(24)22-16/h5-10,12-13H,3-4,11,14H2,1-2H3. The largest absolute Gasteiger partial charge is 0.307 e. The maximum absolute atomic E-state index is 12.9. The van der Waals surface area contributed by atoms with Crippen LogP contribution in [0.25, 0.3) is 16.6 Å². The second-order valence-electron chi connectivity index (χ2n) is 6.71. The number of hydrogen-bond acceptors (Lipinski definition) is 4. The Morgan fingerprint density at radius 1 is 1.07 bits per heavy atom. The van der Waals surface area contributed by atoms with Crippen LogP contribution < -0.4 is 5.56 Å². The van der Waals surface area contributed by atoms with E-state index >= 15 is 0 Å². The van der Waals surface area contributed by atoms with Crippen molar-refractivity contribution in [1.29, 1.82) is 0 Å². The first-order chi connectivity index (χ1) is 13.2. The molecule has 4 rings (SSSR count). The molecule has 0 N–H and O–H groups in total. The quantitative estimate of drug-likeness (QED) is 0.367. The van der Waals surface area contributed by atoms with Crippen molar-refractivity contribution in [3.8, 4) is 0 Å². The number of rotatable bonds is 6. The van der Waals surface area contributed by atoms with E-state index in [1.807, 2.05) is 45.5 Å². The van der Waals surface area contributed by atoms with E-state index in [-0.39, 0.29) is 5.56 Å². The highest BCUT2D eigenvalue weighted by Crippen LogP contribution is 2.22. The van der Waals surface area contributed by atoms with Crippen molar-refractivity contribution < 1.29 is 0 Å². The normalized spacial score (nSPS) is 11.5. The first-order valence-corrected chi connectivity index (χ1v) is 10.2. The van der Waals surface area contributed by atoms with Crippen LogP contribution in [0.1, 0.15) is 31.0 Å². The Kier molecular flexibility index (Phi) is 4.99. The lowest BCUT2D eigenvalue weighted by Gasteiger charge is -2.12. The summed E-state index contributed by atoms with van der Waals surface area (Å²) in [6.45, 7) is 4.89. The number of thioether (sulfide) groups is 1. The number of imidazole rings is 1. The number of benzene rings is 1. The Bertz CT molecular complexity index is 1160. The summed E-state index contributed by atoms with van der Waals surface area (Å²) in [5, 5.41) is 1.45. The van der Waals surface area contributed by atoms with Gasteiger partial charge in [-0.05, 0) is 37.1 Å². The molecule has 0 saturated carbocycles. The lowest BCUT2D eigenvalue weighted by atomic mass is 10.2. The molecular formula is C21H22N4OS. The summed E-state index contributed by atoms with van der Waals surface area (Å²) < 4.78 is 3.86. The molecule has 3 heterocycles. The van der Waals surface area contributed by atoms with Crippen LogP contribution in [0, 0.1) is 6.92 Å². The zero-order valence-electron chi connectivity index (χ0n) is 15.6. The van der Waals surface area contributed by atoms with Crippen molar-refractivity contribution in [1.82, 2.24) is 18.9 Å². The van der Waals surface area contributed by atoms with Gasteiger partial charge in [0, 0.05) is 24.7 Å². The van der Waals surface area contributed by atoms with Crippen molar-refractivity contribution in [2.75, 3.05) is 0 Å². The highest BCUT2D eigenvalue weighted by atomic mass is 32.2. The molecule has 0 fully saturated rings. The van der Waals surface area contributed by atoms with Gasteiger partial charge >= 0.3 is 0 Å². The van der Waals surface area contributed by atoms with E-state index in [1.165, 1.54) is 5.56 Å². The van der Waals surface area contributed by atoms with E-state index in [0.717, 1.165) is 34.9 Å². The number of nitrogens with zero attached hydrogens (tertiary/aromatic N) is 4. The third-order valence-electron chi connectivity index (χ3n) is 4.56. The monoisotopic (exact) mass is 378 g/mol. The molecule has 138 valence electrons. The molecule has 0 aliphatic heterocycles. The molecule has 3 aromatic heterocycles. The maximum atomic E-state index is 12.9. The summed E-state index contributed by atoms with van der Waals surface area (Å²) in [4.78, 5) is 22.4. The number of pyridine rings is 1. The van der Waals surface area contributed by atoms with E-state index in [0.29, 0.717) is 17.7 Å². The maximum Gasteiger partial charge on any atom is 0.262 e. The van der Waals surface area contributed by atoms with Gasteiger partial charge in [0.15, 0.2) is 5.16 Å². The number of aromatic nitrogens is 4. The second kappa shape index (κ2) is 7.56. The highest BCUT2D eigenvalue weighted by Gasteiger charge is 2.12. The van der Waals surface area contributed by atoms with Crippen LogP contribution in [-0.2, 0) is 12.3 Å². The third-order valence-corrected chi connectivity index (χ3v) is 5.57. The average Bonchev–Trinajstić information content (AvgIpc) is 3.08. The van der Waals surface area contributed by atoms with Crippen LogP contribution in [0.3, 0.4) is 0 Å². The lowest BCUT2D eigenvalue weighted by Crippen LogP contribution is -2.23. The predicted molar refractivity (Wildman–Crippen MR) is 110 cm³/mol. The molecule has 0 atom stereocenters. The average molecular weight is 379 g/mol. The van der Waals surface area contributed by atoms with Gasteiger partial charge in [0.05, 0.1) is 16.6 Å². The van der Waals surface area contributed by atoms with Gasteiger partial charge in [-0.25, -0.2) is 9.97 Å². The Morgan fingerprint density at radius 3 is 2.78 bits per heavy atom. The van der Waals surface area contributed by atoms with Crippen molar-refractivity contribution in [2.24, 2.45) is 0 Å². The third kappa shape index (κ3) is 3.62. The van der Waals surface area contributed by atoms with Gasteiger partial charge in [-0.1, -0.05) is 43.3 Å². The van der Waals surface area contributed by atoms with E-state index in [2.05, 4.69) is 31.1 Å². The second-order valence-corrected chi connectivity index (χ2v) is 7.66. The van der Waals surface area contributed by atoms with Crippen LogP contribution in [-0.4, -0.2) is 18.9 Å². The van der Waals surface area contributed by atoms with Crippen LogP contribution in [0.15, 0.2) is 58.7 Å². The molecule has 0 amide bonds. The van der Waals surface area contributed by atoms with Crippen molar-refractivity contribution >= 4 is 28.3 Å². The molecular weight excluding hydrogens is 356 g/mol. The lowest BCUT2D eigenvalue weighted by molar-refractivity contribution is 0.557. The van der Waals surface area contributed by atoms with Gasteiger partial charge in [-0.3, -0.25) is 9.36 Å². The fraction of sp³-hybridized carbons (Fsp3) is 0.286.